The molecule has 4 nitrogen and oxygen atoms in total. The molecule has 0 bridgehead atoms. The maximum Gasteiger partial charge on any atom is 0.227 e. The molecule has 1 fully saturated rings. The molecule has 0 saturated carbocycles. The predicted molar refractivity (Wildman–Crippen MR) is 154 cm³/mol. The van der Waals surface area contributed by atoms with Gasteiger partial charge < -0.3 is 9.64 Å². The average Bonchev–Trinajstić information content (AvgIpc) is 3.31. The second-order valence-electron chi connectivity index (χ2n) is 9.94. The number of hydrogen-bond acceptors (Lipinski definition) is 4. The maximum absolute atomic E-state index is 13.6. The Morgan fingerprint density at radius 3 is 2.43 bits per heavy atom. The molecule has 37 heavy (non-hydrogen) atoms. The Hall–Kier alpha value is -2.86. The number of amides is 1. The van der Waals surface area contributed by atoms with Crippen molar-refractivity contribution in [1.29, 1.82) is 0 Å². The van der Waals surface area contributed by atoms with E-state index in [2.05, 4.69) is 58.5 Å². The van der Waals surface area contributed by atoms with E-state index in [4.69, 9.17) is 16.3 Å². The SMILES string of the molecule is COc1ccc(CC(=O)N(Cc2ccc(C)cc2)C2CCN(Cc3csc4ccc(Cl)cc34)CC2)cc1. The first kappa shape index (κ1) is 25.8. The minimum Gasteiger partial charge on any atom is -0.497 e. The van der Waals surface area contributed by atoms with Crippen LogP contribution in [0.1, 0.15) is 35.1 Å². The van der Waals surface area contributed by atoms with E-state index >= 15 is 0 Å². The van der Waals surface area contributed by atoms with E-state index in [1.807, 2.05) is 30.3 Å². The van der Waals surface area contributed by atoms with Crippen LogP contribution in [-0.2, 0) is 24.3 Å². The van der Waals surface area contributed by atoms with Gasteiger partial charge in [0.05, 0.1) is 13.5 Å². The van der Waals surface area contributed by atoms with Crippen LogP contribution >= 0.6 is 22.9 Å². The first-order valence-corrected chi connectivity index (χ1v) is 14.1. The van der Waals surface area contributed by atoms with Crippen LogP contribution in [0.2, 0.25) is 5.02 Å². The molecular formula is C31H33ClN2O2S. The lowest BCUT2D eigenvalue weighted by Crippen LogP contribution is -2.47. The molecule has 1 aliphatic heterocycles. The van der Waals surface area contributed by atoms with Crippen LogP contribution in [0.25, 0.3) is 10.1 Å². The molecule has 1 aromatic heterocycles. The van der Waals surface area contributed by atoms with Gasteiger partial charge in [0.15, 0.2) is 0 Å². The van der Waals surface area contributed by atoms with Gasteiger partial charge in [-0.1, -0.05) is 53.6 Å². The molecule has 6 heteroatoms. The molecule has 0 N–H and O–H groups in total. The number of ether oxygens (including phenoxy) is 1. The zero-order valence-corrected chi connectivity index (χ0v) is 23.0. The molecule has 4 aromatic rings. The van der Waals surface area contributed by atoms with Crippen molar-refractivity contribution in [2.45, 2.75) is 45.3 Å². The van der Waals surface area contributed by atoms with Crippen LogP contribution in [0, 0.1) is 6.92 Å². The van der Waals surface area contributed by atoms with E-state index in [0.717, 1.165) is 48.8 Å². The van der Waals surface area contributed by atoms with Crippen molar-refractivity contribution >= 4 is 38.9 Å². The standard InChI is InChI=1S/C31H33ClN2O2S/c1-22-3-5-24(6-4-22)19-34(31(35)17-23-7-10-28(36-2)11-8-23)27-13-15-33(16-14-27)20-25-21-37-30-12-9-26(32)18-29(25)30/h3-12,18,21,27H,13-17,19-20H2,1-2H3. The van der Waals surface area contributed by atoms with Crippen molar-refractivity contribution in [1.82, 2.24) is 9.80 Å². The fourth-order valence-electron chi connectivity index (χ4n) is 5.14. The average molecular weight is 533 g/mol. The number of hydrogen-bond donors (Lipinski definition) is 0. The monoisotopic (exact) mass is 532 g/mol. The number of carbonyl (C=O) groups excluding carboxylic acids is 1. The van der Waals surface area contributed by atoms with Gasteiger partial charge in [0.1, 0.15) is 5.75 Å². The quantitative estimate of drug-likeness (QED) is 0.242. The number of likely N-dealkylation sites (tertiary alicyclic amines) is 1. The highest BCUT2D eigenvalue weighted by atomic mass is 35.5. The first-order valence-electron chi connectivity index (χ1n) is 12.8. The van der Waals surface area contributed by atoms with Crippen LogP contribution in [0.15, 0.2) is 72.1 Å². The Morgan fingerprint density at radius 1 is 1.03 bits per heavy atom. The molecule has 0 atom stereocenters. The molecule has 3 aromatic carbocycles. The summed E-state index contributed by atoms with van der Waals surface area (Å²) in [5.41, 5.74) is 4.77. The van der Waals surface area contributed by atoms with Gasteiger partial charge >= 0.3 is 0 Å². The summed E-state index contributed by atoms with van der Waals surface area (Å²) in [5, 5.41) is 4.30. The number of nitrogens with zero attached hydrogens (tertiary/aromatic N) is 2. The first-order chi connectivity index (χ1) is 18.0. The Morgan fingerprint density at radius 2 is 1.73 bits per heavy atom. The molecule has 0 radical (unpaired) electrons. The fraction of sp³-hybridized carbons (Fsp3) is 0.323. The van der Waals surface area contributed by atoms with Gasteiger partial charge in [0.25, 0.3) is 0 Å². The van der Waals surface area contributed by atoms with E-state index in [9.17, 15) is 4.79 Å². The molecule has 2 heterocycles. The number of piperidine rings is 1. The zero-order chi connectivity index (χ0) is 25.8. The van der Waals surface area contributed by atoms with Crippen molar-refractivity contribution in [3.05, 3.63) is 99.4 Å². The lowest BCUT2D eigenvalue weighted by Gasteiger charge is -2.39. The summed E-state index contributed by atoms with van der Waals surface area (Å²) >= 11 is 8.05. The number of thiophene rings is 1. The van der Waals surface area contributed by atoms with E-state index in [1.165, 1.54) is 26.8 Å². The summed E-state index contributed by atoms with van der Waals surface area (Å²) in [6.07, 6.45) is 2.35. The molecule has 1 amide bonds. The molecular weight excluding hydrogens is 500 g/mol. The molecule has 0 unspecified atom stereocenters. The van der Waals surface area contributed by atoms with Crippen LogP contribution < -0.4 is 4.74 Å². The Labute approximate surface area is 228 Å². The summed E-state index contributed by atoms with van der Waals surface area (Å²) < 4.78 is 6.56. The third-order valence-corrected chi connectivity index (χ3v) is 8.56. The van der Waals surface area contributed by atoms with E-state index in [0.29, 0.717) is 13.0 Å². The van der Waals surface area contributed by atoms with Crippen molar-refractivity contribution < 1.29 is 9.53 Å². The zero-order valence-electron chi connectivity index (χ0n) is 21.5. The van der Waals surface area contributed by atoms with Crippen LogP contribution in [0.3, 0.4) is 0 Å². The van der Waals surface area contributed by atoms with Gasteiger partial charge in [-0.25, -0.2) is 0 Å². The predicted octanol–water partition coefficient (Wildman–Crippen LogP) is 7.11. The fourth-order valence-corrected chi connectivity index (χ4v) is 6.24. The van der Waals surface area contributed by atoms with Crippen LogP contribution in [0.5, 0.6) is 5.75 Å². The summed E-state index contributed by atoms with van der Waals surface area (Å²) in [7, 11) is 1.66. The van der Waals surface area contributed by atoms with E-state index in [1.54, 1.807) is 18.4 Å². The molecule has 1 aliphatic rings. The molecule has 1 saturated heterocycles. The van der Waals surface area contributed by atoms with Gasteiger partial charge in [-0.3, -0.25) is 9.69 Å². The van der Waals surface area contributed by atoms with E-state index in [-0.39, 0.29) is 11.9 Å². The number of carbonyl (C=O) groups is 1. The summed E-state index contributed by atoms with van der Waals surface area (Å²) in [5.74, 6) is 0.989. The molecule has 192 valence electrons. The highest BCUT2D eigenvalue weighted by Gasteiger charge is 2.28. The highest BCUT2D eigenvalue weighted by Crippen LogP contribution is 2.31. The second kappa shape index (κ2) is 11.7. The summed E-state index contributed by atoms with van der Waals surface area (Å²) in [6.45, 7) is 5.61. The van der Waals surface area contributed by atoms with Crippen molar-refractivity contribution in [3.8, 4) is 5.75 Å². The van der Waals surface area contributed by atoms with E-state index < -0.39 is 0 Å². The third-order valence-electron chi connectivity index (χ3n) is 7.32. The normalized spacial score (nSPS) is 14.7. The maximum atomic E-state index is 13.6. The van der Waals surface area contributed by atoms with Gasteiger partial charge in [-0.15, -0.1) is 11.3 Å². The number of methoxy groups -OCH3 is 1. The van der Waals surface area contributed by atoms with Gasteiger partial charge in [-0.2, -0.15) is 0 Å². The van der Waals surface area contributed by atoms with Gasteiger partial charge in [0, 0.05) is 41.9 Å². The van der Waals surface area contributed by atoms with Crippen molar-refractivity contribution in [2.75, 3.05) is 20.2 Å². The van der Waals surface area contributed by atoms with Gasteiger partial charge in [0.2, 0.25) is 5.91 Å². The number of aryl methyl sites for hydroxylation is 1. The van der Waals surface area contributed by atoms with Crippen LogP contribution in [-0.4, -0.2) is 41.9 Å². The van der Waals surface area contributed by atoms with Crippen LogP contribution in [0.4, 0.5) is 0 Å². The van der Waals surface area contributed by atoms with Crippen molar-refractivity contribution in [3.63, 3.8) is 0 Å². The third kappa shape index (κ3) is 6.35. The van der Waals surface area contributed by atoms with Gasteiger partial charge in [-0.05, 0) is 77.6 Å². The minimum absolute atomic E-state index is 0.183. The smallest absolute Gasteiger partial charge is 0.227 e. The number of fused-ring (bicyclic) bond motifs is 1. The lowest BCUT2D eigenvalue weighted by atomic mass is 10.00. The Bertz CT molecular complexity index is 1340. The van der Waals surface area contributed by atoms with Crippen molar-refractivity contribution in [2.24, 2.45) is 0 Å². The number of benzene rings is 3. The molecule has 0 spiro atoms. The Kier molecular flexibility index (Phi) is 8.14. The topological polar surface area (TPSA) is 32.8 Å². The lowest BCUT2D eigenvalue weighted by molar-refractivity contribution is -0.134. The summed E-state index contributed by atoms with van der Waals surface area (Å²) in [4.78, 5) is 18.3. The minimum atomic E-state index is 0.183. The molecule has 0 aliphatic carbocycles. The summed E-state index contributed by atoms with van der Waals surface area (Å²) in [6, 6.07) is 22.7. The number of halogens is 1. The number of rotatable bonds is 8. The Balaban J connectivity index is 1.27. The molecule has 5 rings (SSSR count). The highest BCUT2D eigenvalue weighted by molar-refractivity contribution is 7.17. The second-order valence-corrected chi connectivity index (χ2v) is 11.3. The largest absolute Gasteiger partial charge is 0.497 e.